The van der Waals surface area contributed by atoms with Crippen molar-refractivity contribution in [1.82, 2.24) is 10.3 Å². The van der Waals surface area contributed by atoms with Gasteiger partial charge in [-0.05, 0) is 20.3 Å². The molecule has 0 aliphatic heterocycles. The lowest BCUT2D eigenvalue weighted by molar-refractivity contribution is -0.121. The third kappa shape index (κ3) is 5.49. The molecule has 1 heterocycles. The number of amides is 1. The maximum Gasteiger partial charge on any atom is 0.220 e. The van der Waals surface area contributed by atoms with Gasteiger partial charge in [0.1, 0.15) is 5.01 Å². The van der Waals surface area contributed by atoms with Crippen molar-refractivity contribution in [2.45, 2.75) is 38.8 Å². The van der Waals surface area contributed by atoms with Gasteiger partial charge in [-0.3, -0.25) is 4.79 Å². The number of hydrogen-bond acceptors (Lipinski definition) is 4. The highest BCUT2D eigenvalue weighted by Gasteiger charge is 2.12. The monoisotopic (exact) mass is 227 g/mol. The highest BCUT2D eigenvalue weighted by molar-refractivity contribution is 7.09. The van der Waals surface area contributed by atoms with Crippen molar-refractivity contribution in [3.63, 3.8) is 0 Å². The first kappa shape index (κ1) is 12.1. The molecule has 1 amide bonds. The Labute approximate surface area is 93.9 Å². The van der Waals surface area contributed by atoms with Gasteiger partial charge in [-0.25, -0.2) is 4.98 Å². The topological polar surface area (TPSA) is 68.0 Å². The normalized spacial score (nSPS) is 11.4. The predicted octanol–water partition coefficient (Wildman–Crippen LogP) is 1.28. The summed E-state index contributed by atoms with van der Waals surface area (Å²) in [5.41, 5.74) is 5.50. The molecule has 0 aliphatic rings. The van der Waals surface area contributed by atoms with Gasteiger partial charge in [0.25, 0.3) is 0 Å². The van der Waals surface area contributed by atoms with E-state index in [0.29, 0.717) is 19.4 Å². The second-order valence-electron chi connectivity index (χ2n) is 4.19. The summed E-state index contributed by atoms with van der Waals surface area (Å²) in [6.45, 7) is 4.35. The number of rotatable bonds is 5. The van der Waals surface area contributed by atoms with Crippen LogP contribution in [-0.2, 0) is 11.3 Å². The molecular formula is C10H17N3OS. The molecule has 0 unspecified atom stereocenters. The van der Waals surface area contributed by atoms with Crippen molar-refractivity contribution in [1.29, 1.82) is 0 Å². The van der Waals surface area contributed by atoms with Gasteiger partial charge in [0.15, 0.2) is 0 Å². The highest BCUT2D eigenvalue weighted by Crippen LogP contribution is 2.07. The van der Waals surface area contributed by atoms with Crippen molar-refractivity contribution < 1.29 is 4.79 Å². The predicted molar refractivity (Wildman–Crippen MR) is 61.5 cm³/mol. The van der Waals surface area contributed by atoms with Crippen LogP contribution in [0.2, 0.25) is 0 Å². The number of nitrogens with one attached hydrogen (secondary N) is 1. The molecule has 5 heteroatoms. The molecule has 0 aromatic carbocycles. The van der Waals surface area contributed by atoms with Gasteiger partial charge in [-0.1, -0.05) is 0 Å². The van der Waals surface area contributed by atoms with Gasteiger partial charge in [0, 0.05) is 23.5 Å². The fourth-order valence-electron chi connectivity index (χ4n) is 1.04. The van der Waals surface area contributed by atoms with Gasteiger partial charge in [0.05, 0.1) is 6.54 Å². The Kier molecular flexibility index (Phi) is 4.23. The number of nitrogens with zero attached hydrogens (tertiary/aromatic N) is 1. The van der Waals surface area contributed by atoms with E-state index in [0.717, 1.165) is 5.01 Å². The molecule has 0 radical (unpaired) electrons. The molecule has 0 spiro atoms. The van der Waals surface area contributed by atoms with Crippen molar-refractivity contribution in [3.05, 3.63) is 16.6 Å². The van der Waals surface area contributed by atoms with E-state index in [9.17, 15) is 4.79 Å². The van der Waals surface area contributed by atoms with Crippen LogP contribution in [0.25, 0.3) is 0 Å². The smallest absolute Gasteiger partial charge is 0.220 e. The van der Waals surface area contributed by atoms with Gasteiger partial charge >= 0.3 is 0 Å². The Bertz CT molecular complexity index is 303. The second kappa shape index (κ2) is 5.23. The van der Waals surface area contributed by atoms with Crippen LogP contribution in [0.1, 0.15) is 31.7 Å². The van der Waals surface area contributed by atoms with E-state index in [1.54, 1.807) is 6.20 Å². The van der Waals surface area contributed by atoms with E-state index in [2.05, 4.69) is 10.3 Å². The zero-order chi connectivity index (χ0) is 11.3. The van der Waals surface area contributed by atoms with E-state index in [4.69, 9.17) is 5.73 Å². The Hall–Kier alpha value is -0.940. The average molecular weight is 227 g/mol. The Morgan fingerprint density at radius 2 is 2.40 bits per heavy atom. The van der Waals surface area contributed by atoms with Crippen molar-refractivity contribution in [2.24, 2.45) is 5.73 Å². The minimum absolute atomic E-state index is 0.0312. The molecule has 0 atom stereocenters. The van der Waals surface area contributed by atoms with E-state index in [-0.39, 0.29) is 11.4 Å². The molecule has 3 N–H and O–H groups in total. The Balaban J connectivity index is 2.20. The molecule has 15 heavy (non-hydrogen) atoms. The molecule has 1 aromatic rings. The van der Waals surface area contributed by atoms with Crippen LogP contribution in [0, 0.1) is 0 Å². The van der Waals surface area contributed by atoms with Crippen molar-refractivity contribution in [2.75, 3.05) is 0 Å². The molecule has 0 fully saturated rings. The highest BCUT2D eigenvalue weighted by atomic mass is 32.1. The Morgan fingerprint density at radius 1 is 1.67 bits per heavy atom. The van der Waals surface area contributed by atoms with Crippen molar-refractivity contribution >= 4 is 17.2 Å². The Morgan fingerprint density at radius 3 is 2.93 bits per heavy atom. The third-order valence-corrected chi connectivity index (χ3v) is 2.70. The first-order valence-electron chi connectivity index (χ1n) is 4.91. The zero-order valence-corrected chi connectivity index (χ0v) is 9.93. The average Bonchev–Trinajstić information content (AvgIpc) is 2.62. The van der Waals surface area contributed by atoms with Gasteiger partial charge in [-0.15, -0.1) is 11.3 Å². The lowest BCUT2D eigenvalue weighted by atomic mass is 10.00. The summed E-state index contributed by atoms with van der Waals surface area (Å²) in [5, 5.41) is 5.63. The molecule has 4 nitrogen and oxygen atoms in total. The van der Waals surface area contributed by atoms with Crippen LogP contribution in [0.5, 0.6) is 0 Å². The third-order valence-electron chi connectivity index (χ3n) is 1.92. The zero-order valence-electron chi connectivity index (χ0n) is 9.12. The molecule has 0 saturated heterocycles. The fourth-order valence-corrected chi connectivity index (χ4v) is 1.59. The maximum absolute atomic E-state index is 11.4. The van der Waals surface area contributed by atoms with Crippen LogP contribution < -0.4 is 11.1 Å². The second-order valence-corrected chi connectivity index (χ2v) is 5.17. The largest absolute Gasteiger partial charge is 0.350 e. The van der Waals surface area contributed by atoms with Gasteiger partial charge < -0.3 is 11.1 Å². The summed E-state index contributed by atoms with van der Waals surface area (Å²) in [6.07, 6.45) is 2.89. The number of aromatic nitrogens is 1. The number of hydrogen-bond donors (Lipinski definition) is 2. The summed E-state index contributed by atoms with van der Waals surface area (Å²) < 4.78 is 0. The first-order valence-corrected chi connectivity index (χ1v) is 5.79. The van der Waals surface area contributed by atoms with E-state index in [1.165, 1.54) is 11.3 Å². The molecule has 84 valence electrons. The molecule has 1 rings (SSSR count). The minimum Gasteiger partial charge on any atom is -0.350 e. The number of nitrogens with two attached hydrogens (primary N) is 1. The molecule has 0 aliphatic carbocycles. The van der Waals surface area contributed by atoms with Gasteiger partial charge in [0.2, 0.25) is 5.91 Å². The minimum atomic E-state index is -0.279. The van der Waals surface area contributed by atoms with Crippen LogP contribution in [0.3, 0.4) is 0 Å². The number of thiazole rings is 1. The van der Waals surface area contributed by atoms with E-state index in [1.807, 2.05) is 19.2 Å². The molecular weight excluding hydrogens is 210 g/mol. The van der Waals surface area contributed by atoms with Crippen LogP contribution in [0.4, 0.5) is 0 Å². The standard InChI is InChI=1S/C10H17N3OS/c1-10(2,11)4-3-8(14)13-7-9-12-5-6-15-9/h5-6H,3-4,7,11H2,1-2H3,(H,13,14). The summed E-state index contributed by atoms with van der Waals surface area (Å²) in [5.74, 6) is 0.0312. The van der Waals surface area contributed by atoms with Crippen LogP contribution in [-0.4, -0.2) is 16.4 Å². The maximum atomic E-state index is 11.4. The van der Waals surface area contributed by atoms with Gasteiger partial charge in [-0.2, -0.15) is 0 Å². The van der Waals surface area contributed by atoms with E-state index >= 15 is 0 Å². The molecule has 1 aromatic heterocycles. The SMILES string of the molecule is CC(C)(N)CCC(=O)NCc1nccs1. The van der Waals surface area contributed by atoms with Crippen LogP contribution in [0.15, 0.2) is 11.6 Å². The summed E-state index contributed by atoms with van der Waals surface area (Å²) in [7, 11) is 0. The molecule has 0 saturated carbocycles. The fraction of sp³-hybridized carbons (Fsp3) is 0.600. The number of carbonyl (C=O) groups excluding carboxylic acids is 1. The lowest BCUT2D eigenvalue weighted by Gasteiger charge is -2.17. The van der Waals surface area contributed by atoms with E-state index < -0.39 is 0 Å². The van der Waals surface area contributed by atoms with Crippen LogP contribution >= 0.6 is 11.3 Å². The lowest BCUT2D eigenvalue weighted by Crippen LogP contribution is -2.34. The number of carbonyl (C=O) groups is 1. The van der Waals surface area contributed by atoms with Crippen molar-refractivity contribution in [3.8, 4) is 0 Å². The quantitative estimate of drug-likeness (QED) is 0.796. The first-order chi connectivity index (χ1) is 6.97. The molecule has 0 bridgehead atoms. The summed E-state index contributed by atoms with van der Waals surface area (Å²) in [6, 6.07) is 0. The summed E-state index contributed by atoms with van der Waals surface area (Å²) >= 11 is 1.54. The summed E-state index contributed by atoms with van der Waals surface area (Å²) in [4.78, 5) is 15.5.